The third kappa shape index (κ3) is 4.13. The molecule has 0 amide bonds. The molecular formula is C25H24F3N9. The molecule has 0 bridgehead atoms. The molecule has 4 heterocycles. The maximum Gasteiger partial charge on any atom is 0.334 e. The molecule has 1 atom stereocenters. The Labute approximate surface area is 210 Å². The maximum atomic E-state index is 15.5. The van der Waals surface area contributed by atoms with Crippen LogP contribution in [0.2, 0.25) is 0 Å². The standard InChI is InChI=1S/C25H24F3N9/c1-14-11-31-24(32-20(30-3)8-9-29)33-21(14)16-10-19-22-34-35-23(37(22)15(2)12-36(19)13-16)25(27,28)17-6-4-5-7-18(17)26/h4-11,13,15,29-30H,12H2,1-3H3,(H,31,32,33)/b20-8+,29-9?/t15-/m0/s1. The number of aromatic nitrogens is 6. The van der Waals surface area contributed by atoms with Gasteiger partial charge in [-0.3, -0.25) is 4.57 Å². The van der Waals surface area contributed by atoms with Crippen molar-refractivity contribution in [1.29, 1.82) is 5.41 Å². The van der Waals surface area contributed by atoms with Gasteiger partial charge in [0.05, 0.1) is 23.0 Å². The molecule has 0 saturated carbocycles. The summed E-state index contributed by atoms with van der Waals surface area (Å²) < 4.78 is 48.5. The zero-order valence-electron chi connectivity index (χ0n) is 20.3. The summed E-state index contributed by atoms with van der Waals surface area (Å²) in [5, 5.41) is 21.1. The Kier molecular flexibility index (Phi) is 6.02. The smallest absolute Gasteiger partial charge is 0.334 e. The molecule has 5 rings (SSSR count). The van der Waals surface area contributed by atoms with Crippen LogP contribution >= 0.6 is 0 Å². The van der Waals surface area contributed by atoms with E-state index in [9.17, 15) is 4.39 Å². The fourth-order valence-corrected chi connectivity index (χ4v) is 4.46. The fraction of sp³-hybridized carbons (Fsp3) is 0.240. The van der Waals surface area contributed by atoms with Crippen LogP contribution in [-0.4, -0.2) is 42.6 Å². The molecule has 0 spiro atoms. The van der Waals surface area contributed by atoms with E-state index in [4.69, 9.17) is 5.41 Å². The van der Waals surface area contributed by atoms with E-state index in [-0.39, 0.29) is 5.82 Å². The van der Waals surface area contributed by atoms with Gasteiger partial charge in [0.1, 0.15) is 11.6 Å². The number of halogens is 3. The number of nitrogens with one attached hydrogen (secondary N) is 3. The number of hydrogen-bond donors (Lipinski definition) is 3. The predicted molar refractivity (Wildman–Crippen MR) is 133 cm³/mol. The second kappa shape index (κ2) is 9.19. The van der Waals surface area contributed by atoms with Crippen molar-refractivity contribution in [3.63, 3.8) is 0 Å². The summed E-state index contributed by atoms with van der Waals surface area (Å²) in [4.78, 5) is 8.93. The average Bonchev–Trinajstić information content (AvgIpc) is 3.50. The van der Waals surface area contributed by atoms with Crippen LogP contribution in [0, 0.1) is 18.2 Å². The van der Waals surface area contributed by atoms with E-state index < -0.39 is 29.2 Å². The van der Waals surface area contributed by atoms with Crippen molar-refractivity contribution in [3.05, 3.63) is 77.4 Å². The van der Waals surface area contributed by atoms with Crippen molar-refractivity contribution in [2.75, 3.05) is 12.4 Å². The molecular weight excluding hydrogens is 483 g/mol. The third-order valence-corrected chi connectivity index (χ3v) is 6.23. The number of rotatable bonds is 7. The molecule has 190 valence electrons. The van der Waals surface area contributed by atoms with Crippen molar-refractivity contribution in [1.82, 2.24) is 34.6 Å². The molecule has 1 aliphatic rings. The monoisotopic (exact) mass is 507 g/mol. The Hall–Kier alpha value is -4.48. The van der Waals surface area contributed by atoms with Crippen LogP contribution < -0.4 is 10.6 Å². The minimum atomic E-state index is -3.67. The van der Waals surface area contributed by atoms with E-state index in [1.807, 2.05) is 23.8 Å². The lowest BCUT2D eigenvalue weighted by Gasteiger charge is -2.27. The third-order valence-electron chi connectivity index (χ3n) is 6.23. The van der Waals surface area contributed by atoms with Gasteiger partial charge in [-0.05, 0) is 43.7 Å². The lowest BCUT2D eigenvalue weighted by atomic mass is 10.1. The molecule has 3 N–H and O–H groups in total. The first-order chi connectivity index (χ1) is 17.7. The molecule has 37 heavy (non-hydrogen) atoms. The van der Waals surface area contributed by atoms with Crippen molar-refractivity contribution in [3.8, 4) is 22.8 Å². The lowest BCUT2D eigenvalue weighted by molar-refractivity contribution is 0.0231. The van der Waals surface area contributed by atoms with Gasteiger partial charge in [0.2, 0.25) is 11.8 Å². The van der Waals surface area contributed by atoms with Crippen molar-refractivity contribution < 1.29 is 13.2 Å². The number of benzene rings is 1. The number of allylic oxidation sites excluding steroid dienone is 1. The molecule has 0 aliphatic carbocycles. The quantitative estimate of drug-likeness (QED) is 0.318. The van der Waals surface area contributed by atoms with Crippen molar-refractivity contribution >= 4 is 12.2 Å². The highest BCUT2D eigenvalue weighted by molar-refractivity contribution is 5.72. The van der Waals surface area contributed by atoms with Crippen LogP contribution in [-0.2, 0) is 12.5 Å². The predicted octanol–water partition coefficient (Wildman–Crippen LogP) is 4.49. The number of hydrogen-bond acceptors (Lipinski definition) is 7. The van der Waals surface area contributed by atoms with Gasteiger partial charge >= 0.3 is 5.92 Å². The molecule has 0 radical (unpaired) electrons. The summed E-state index contributed by atoms with van der Waals surface area (Å²) in [6.07, 6.45) is 6.24. The summed E-state index contributed by atoms with van der Waals surface area (Å²) in [5.74, 6) is -4.12. The summed E-state index contributed by atoms with van der Waals surface area (Å²) in [7, 11) is 1.71. The van der Waals surface area contributed by atoms with E-state index in [2.05, 4.69) is 30.8 Å². The first-order valence-corrected chi connectivity index (χ1v) is 11.5. The second-order valence-electron chi connectivity index (χ2n) is 8.73. The Morgan fingerprint density at radius 1 is 1.24 bits per heavy atom. The van der Waals surface area contributed by atoms with Crippen LogP contribution in [0.1, 0.15) is 29.9 Å². The van der Waals surface area contributed by atoms with E-state index in [0.29, 0.717) is 29.7 Å². The zero-order chi connectivity index (χ0) is 26.3. The second-order valence-corrected chi connectivity index (χ2v) is 8.73. The molecule has 1 aliphatic heterocycles. The first kappa shape index (κ1) is 24.2. The van der Waals surface area contributed by atoms with E-state index in [1.54, 1.807) is 20.2 Å². The number of fused-ring (bicyclic) bond motifs is 3. The summed E-state index contributed by atoms with van der Waals surface area (Å²) in [6, 6.07) is 6.22. The number of aryl methyl sites for hydroxylation is 1. The van der Waals surface area contributed by atoms with Crippen molar-refractivity contribution in [2.24, 2.45) is 0 Å². The largest absolute Gasteiger partial charge is 0.375 e. The minimum absolute atomic E-state index is 0.271. The molecule has 0 unspecified atom stereocenters. The molecule has 1 aromatic carbocycles. The van der Waals surface area contributed by atoms with Crippen LogP contribution in [0.15, 0.2) is 54.6 Å². The van der Waals surface area contributed by atoms with Crippen LogP contribution in [0.4, 0.5) is 19.1 Å². The molecule has 0 saturated heterocycles. The van der Waals surface area contributed by atoms with Gasteiger partial charge in [-0.15, -0.1) is 10.2 Å². The topological polar surface area (TPSA) is 109 Å². The van der Waals surface area contributed by atoms with Gasteiger partial charge in [-0.25, -0.2) is 14.4 Å². The molecule has 0 fully saturated rings. The average molecular weight is 508 g/mol. The Morgan fingerprint density at radius 3 is 2.76 bits per heavy atom. The summed E-state index contributed by atoms with van der Waals surface area (Å²) in [5.41, 5.74) is 2.08. The van der Waals surface area contributed by atoms with E-state index in [1.165, 1.54) is 22.8 Å². The summed E-state index contributed by atoms with van der Waals surface area (Å²) in [6.45, 7) is 4.06. The summed E-state index contributed by atoms with van der Waals surface area (Å²) >= 11 is 0. The highest BCUT2D eigenvalue weighted by Gasteiger charge is 2.44. The number of alkyl halides is 2. The van der Waals surface area contributed by atoms with Crippen LogP contribution in [0.25, 0.3) is 22.8 Å². The van der Waals surface area contributed by atoms with Gasteiger partial charge in [-0.2, -0.15) is 8.78 Å². The van der Waals surface area contributed by atoms with Crippen molar-refractivity contribution in [2.45, 2.75) is 32.4 Å². The fourth-order valence-electron chi connectivity index (χ4n) is 4.46. The van der Waals surface area contributed by atoms with Crippen LogP contribution in [0.3, 0.4) is 0 Å². The molecule has 12 heteroatoms. The Balaban J connectivity index is 1.56. The highest BCUT2D eigenvalue weighted by atomic mass is 19.3. The minimum Gasteiger partial charge on any atom is -0.375 e. The van der Waals surface area contributed by atoms with Gasteiger partial charge in [-0.1, -0.05) is 12.1 Å². The molecule has 4 aromatic rings. The van der Waals surface area contributed by atoms with Gasteiger partial charge in [0, 0.05) is 37.8 Å². The number of anilines is 1. The van der Waals surface area contributed by atoms with E-state index in [0.717, 1.165) is 29.5 Å². The molecule has 3 aromatic heterocycles. The normalized spacial score (nSPS) is 15.2. The van der Waals surface area contributed by atoms with Gasteiger partial charge in [0.25, 0.3) is 0 Å². The van der Waals surface area contributed by atoms with E-state index >= 15 is 8.78 Å². The SMILES string of the molecule is CN/C(=C\C=N)Nc1ncc(C)c(-c2cc3n(c2)C[C@H](C)n2c-3nnc2C(F)(F)c2ccccc2F)n1. The maximum absolute atomic E-state index is 15.5. The molecule has 9 nitrogen and oxygen atoms in total. The first-order valence-electron chi connectivity index (χ1n) is 11.5. The number of nitrogens with zero attached hydrogens (tertiary/aromatic N) is 6. The zero-order valence-corrected chi connectivity index (χ0v) is 20.3. The van der Waals surface area contributed by atoms with Gasteiger partial charge in [0.15, 0.2) is 5.82 Å². The lowest BCUT2D eigenvalue weighted by Crippen LogP contribution is -2.28. The Bertz CT molecular complexity index is 1520. The Morgan fingerprint density at radius 2 is 2.03 bits per heavy atom. The van der Waals surface area contributed by atoms with Gasteiger partial charge < -0.3 is 20.6 Å². The highest BCUT2D eigenvalue weighted by Crippen LogP contribution is 2.41. The van der Waals surface area contributed by atoms with Crippen LogP contribution in [0.5, 0.6) is 0 Å².